The van der Waals surface area contributed by atoms with Gasteiger partial charge in [0.05, 0.1) is 17.0 Å². The third kappa shape index (κ3) is 2.59. The summed E-state index contributed by atoms with van der Waals surface area (Å²) in [4.78, 5) is 13.9. The minimum atomic E-state index is -0.605. The molecule has 0 saturated carbocycles. The number of rotatable bonds is 2. The van der Waals surface area contributed by atoms with Crippen LogP contribution in [0.15, 0.2) is 101 Å². The molecule has 144 valence electrons. The van der Waals surface area contributed by atoms with E-state index in [-0.39, 0.29) is 17.0 Å². The van der Waals surface area contributed by atoms with Crippen LogP contribution in [0, 0.1) is 11.3 Å². The van der Waals surface area contributed by atoms with E-state index in [0.717, 1.165) is 16.6 Å². The summed E-state index contributed by atoms with van der Waals surface area (Å²) in [7, 11) is 0. The second kappa shape index (κ2) is 6.94. The first-order chi connectivity index (χ1) is 14.7. The fourth-order valence-corrected chi connectivity index (χ4v) is 4.08. The van der Waals surface area contributed by atoms with Crippen molar-refractivity contribution in [2.24, 2.45) is 5.73 Å². The summed E-state index contributed by atoms with van der Waals surface area (Å²) in [5.41, 5.74) is 8.84. The van der Waals surface area contributed by atoms with E-state index in [4.69, 9.17) is 10.5 Å². The van der Waals surface area contributed by atoms with E-state index in [2.05, 4.69) is 6.07 Å². The Labute approximate surface area is 172 Å². The van der Waals surface area contributed by atoms with Gasteiger partial charge in [-0.2, -0.15) is 5.26 Å². The molecule has 5 rings (SSSR count). The third-order valence-electron chi connectivity index (χ3n) is 5.39. The zero-order chi connectivity index (χ0) is 20.7. The maximum atomic E-state index is 13.9. The van der Waals surface area contributed by atoms with Gasteiger partial charge in [0.1, 0.15) is 17.4 Å². The fourth-order valence-electron chi connectivity index (χ4n) is 4.08. The minimum Gasteiger partial charge on any atom is -0.439 e. The van der Waals surface area contributed by atoms with Gasteiger partial charge >= 0.3 is 0 Å². The first-order valence-electron chi connectivity index (χ1n) is 9.56. The van der Waals surface area contributed by atoms with E-state index >= 15 is 0 Å². The molecule has 1 aliphatic heterocycles. The molecular formula is C25H17N3O2. The van der Waals surface area contributed by atoms with Crippen LogP contribution in [0.25, 0.3) is 16.6 Å². The lowest BCUT2D eigenvalue weighted by molar-refractivity contribution is 0.396. The van der Waals surface area contributed by atoms with Gasteiger partial charge in [0.15, 0.2) is 0 Å². The average Bonchev–Trinajstić information content (AvgIpc) is 2.79. The van der Waals surface area contributed by atoms with Crippen molar-refractivity contribution in [3.05, 3.63) is 118 Å². The summed E-state index contributed by atoms with van der Waals surface area (Å²) in [6.07, 6.45) is 0. The topological polar surface area (TPSA) is 81.0 Å². The Morgan fingerprint density at radius 3 is 2.23 bits per heavy atom. The molecule has 1 atom stereocenters. The molecule has 0 spiro atoms. The molecule has 1 aromatic heterocycles. The number of nitrogens with zero attached hydrogens (tertiary/aromatic N) is 2. The summed E-state index contributed by atoms with van der Waals surface area (Å²) in [5, 5.41) is 10.6. The van der Waals surface area contributed by atoms with Crippen LogP contribution < -0.4 is 16.0 Å². The van der Waals surface area contributed by atoms with Crippen LogP contribution >= 0.6 is 0 Å². The van der Waals surface area contributed by atoms with E-state index < -0.39 is 5.92 Å². The summed E-state index contributed by atoms with van der Waals surface area (Å²) in [6, 6.07) is 28.6. The number of para-hydroxylation sites is 2. The number of allylic oxidation sites excluding steroid dienone is 1. The Morgan fingerprint density at radius 2 is 1.53 bits per heavy atom. The molecular weight excluding hydrogens is 374 g/mol. The van der Waals surface area contributed by atoms with E-state index in [9.17, 15) is 10.1 Å². The Morgan fingerprint density at radius 1 is 0.900 bits per heavy atom. The minimum absolute atomic E-state index is 0.0286. The fraction of sp³-hybridized carbons (Fsp3) is 0.0400. The molecule has 0 aliphatic carbocycles. The number of benzene rings is 3. The number of pyridine rings is 1. The number of nitrogens with two attached hydrogens (primary N) is 1. The highest BCUT2D eigenvalue weighted by atomic mass is 16.5. The predicted molar refractivity (Wildman–Crippen MR) is 115 cm³/mol. The van der Waals surface area contributed by atoms with Crippen molar-refractivity contribution in [1.29, 1.82) is 5.26 Å². The molecule has 3 aromatic carbocycles. The van der Waals surface area contributed by atoms with Crippen LogP contribution in [-0.2, 0) is 0 Å². The second-order valence-electron chi connectivity index (χ2n) is 7.07. The normalized spacial score (nSPS) is 15.4. The molecule has 4 aromatic rings. The molecule has 5 nitrogen and oxygen atoms in total. The van der Waals surface area contributed by atoms with Crippen molar-refractivity contribution in [3.8, 4) is 17.5 Å². The second-order valence-corrected chi connectivity index (χ2v) is 7.07. The van der Waals surface area contributed by atoms with Crippen LogP contribution in [0.2, 0.25) is 0 Å². The van der Waals surface area contributed by atoms with Crippen molar-refractivity contribution in [3.63, 3.8) is 0 Å². The van der Waals surface area contributed by atoms with Gasteiger partial charge in [-0.1, -0.05) is 60.7 Å². The van der Waals surface area contributed by atoms with Crippen LogP contribution in [0.3, 0.4) is 0 Å². The summed E-state index contributed by atoms with van der Waals surface area (Å²) in [6.45, 7) is 0. The number of nitriles is 1. The van der Waals surface area contributed by atoms with Gasteiger partial charge in [0.25, 0.3) is 5.56 Å². The van der Waals surface area contributed by atoms with E-state index in [1.165, 1.54) is 0 Å². The zero-order valence-electron chi connectivity index (χ0n) is 15.9. The zero-order valence-corrected chi connectivity index (χ0v) is 15.9. The first-order valence-corrected chi connectivity index (χ1v) is 9.56. The van der Waals surface area contributed by atoms with Crippen molar-refractivity contribution >= 4 is 10.9 Å². The predicted octanol–water partition coefficient (Wildman–Crippen LogP) is 4.21. The van der Waals surface area contributed by atoms with Crippen LogP contribution in [0.1, 0.15) is 17.0 Å². The first kappa shape index (κ1) is 17.8. The standard InChI is InChI=1S/C25H17N3O2/c26-15-19-21(16-9-3-1-4-10-16)22-23(30-24(19)27)18-13-7-8-14-20(18)28(25(22)29)17-11-5-2-6-12-17/h1-14,21H,27H2/t21-/m0/s1. The number of hydrogen-bond donors (Lipinski definition) is 1. The van der Waals surface area contributed by atoms with Gasteiger partial charge in [-0.05, 0) is 29.8 Å². The molecule has 2 N–H and O–H groups in total. The van der Waals surface area contributed by atoms with Gasteiger partial charge in [0.2, 0.25) is 5.88 Å². The highest BCUT2D eigenvalue weighted by molar-refractivity contribution is 5.89. The maximum absolute atomic E-state index is 13.9. The maximum Gasteiger partial charge on any atom is 0.263 e. The number of hydrogen-bond acceptors (Lipinski definition) is 4. The third-order valence-corrected chi connectivity index (χ3v) is 5.39. The van der Waals surface area contributed by atoms with Gasteiger partial charge < -0.3 is 10.5 Å². The molecule has 5 heteroatoms. The van der Waals surface area contributed by atoms with Crippen molar-refractivity contribution < 1.29 is 4.74 Å². The lowest BCUT2D eigenvalue weighted by Gasteiger charge is -2.28. The molecule has 30 heavy (non-hydrogen) atoms. The smallest absolute Gasteiger partial charge is 0.263 e. The summed E-state index contributed by atoms with van der Waals surface area (Å²) < 4.78 is 7.56. The Bertz CT molecular complexity index is 1400. The Kier molecular flexibility index (Phi) is 4.11. The average molecular weight is 391 g/mol. The van der Waals surface area contributed by atoms with E-state index in [1.807, 2.05) is 84.9 Å². The van der Waals surface area contributed by atoms with Gasteiger partial charge in [-0.3, -0.25) is 9.36 Å². The number of ether oxygens (including phenoxy) is 1. The lowest BCUT2D eigenvalue weighted by Crippen LogP contribution is -2.31. The molecule has 0 bridgehead atoms. The van der Waals surface area contributed by atoms with Crippen LogP contribution in [-0.4, -0.2) is 4.57 Å². The van der Waals surface area contributed by atoms with Crippen LogP contribution in [0.4, 0.5) is 0 Å². The van der Waals surface area contributed by atoms with Gasteiger partial charge in [-0.15, -0.1) is 0 Å². The van der Waals surface area contributed by atoms with Crippen molar-refractivity contribution in [1.82, 2.24) is 4.57 Å². The van der Waals surface area contributed by atoms with Gasteiger partial charge in [-0.25, -0.2) is 0 Å². The van der Waals surface area contributed by atoms with Crippen molar-refractivity contribution in [2.75, 3.05) is 0 Å². The molecule has 1 aliphatic rings. The molecule has 0 radical (unpaired) electrons. The summed E-state index contributed by atoms with van der Waals surface area (Å²) >= 11 is 0. The molecule has 0 fully saturated rings. The molecule has 0 amide bonds. The highest BCUT2D eigenvalue weighted by Crippen LogP contribution is 2.43. The SMILES string of the molecule is N#CC1=C(N)Oc2c(c(=O)n(-c3ccccc3)c3ccccc23)[C@H]1c1ccccc1. The van der Waals surface area contributed by atoms with Crippen molar-refractivity contribution in [2.45, 2.75) is 5.92 Å². The van der Waals surface area contributed by atoms with Crippen LogP contribution in [0.5, 0.6) is 5.75 Å². The largest absolute Gasteiger partial charge is 0.439 e. The number of aromatic nitrogens is 1. The molecule has 0 unspecified atom stereocenters. The molecule has 2 heterocycles. The Hall–Kier alpha value is -4.30. The lowest BCUT2D eigenvalue weighted by atomic mass is 9.83. The monoisotopic (exact) mass is 391 g/mol. The summed E-state index contributed by atoms with van der Waals surface area (Å²) in [5.74, 6) is -0.166. The van der Waals surface area contributed by atoms with E-state index in [0.29, 0.717) is 16.8 Å². The number of fused-ring (bicyclic) bond motifs is 3. The highest BCUT2D eigenvalue weighted by Gasteiger charge is 2.35. The van der Waals surface area contributed by atoms with E-state index in [1.54, 1.807) is 4.57 Å². The quantitative estimate of drug-likeness (QED) is 0.555. The van der Waals surface area contributed by atoms with Gasteiger partial charge in [0, 0.05) is 11.1 Å². The Balaban J connectivity index is 1.94. The molecule has 0 saturated heterocycles.